The van der Waals surface area contributed by atoms with Crippen molar-refractivity contribution in [3.63, 3.8) is 0 Å². The Morgan fingerprint density at radius 3 is 2.08 bits per heavy atom. The molecule has 0 saturated carbocycles. The van der Waals surface area contributed by atoms with Crippen molar-refractivity contribution in [3.8, 4) is 0 Å². The number of hydrogen-bond donors (Lipinski definition) is 3. The summed E-state index contributed by atoms with van der Waals surface area (Å²) in [5.74, 6) is -1.59. The molecule has 0 aliphatic rings. The predicted octanol–water partition coefficient (Wildman–Crippen LogP) is 4.83. The molecule has 0 bridgehead atoms. The van der Waals surface area contributed by atoms with E-state index in [4.69, 9.17) is 10.5 Å². The number of benzene rings is 1. The van der Waals surface area contributed by atoms with Crippen molar-refractivity contribution in [2.45, 2.75) is 118 Å². The number of amides is 4. The Kier molecular flexibility index (Phi) is 14.6. The summed E-state index contributed by atoms with van der Waals surface area (Å²) in [5.41, 5.74) is 7.17. The molecule has 0 aliphatic heterocycles. The molecule has 39 heavy (non-hydrogen) atoms. The molecule has 0 radical (unpaired) electrons. The van der Waals surface area contributed by atoms with Gasteiger partial charge in [-0.2, -0.15) is 0 Å². The van der Waals surface area contributed by atoms with Gasteiger partial charge in [-0.15, -0.1) is 0 Å². The summed E-state index contributed by atoms with van der Waals surface area (Å²) < 4.78 is 5.35. The summed E-state index contributed by atoms with van der Waals surface area (Å²) in [7, 11) is 0. The molecule has 1 rings (SSSR count). The molecule has 0 spiro atoms. The molecule has 9 nitrogen and oxygen atoms in total. The van der Waals surface area contributed by atoms with Crippen molar-refractivity contribution in [2.75, 3.05) is 13.1 Å². The van der Waals surface area contributed by atoms with E-state index in [9.17, 15) is 19.2 Å². The number of aryl methyl sites for hydroxylation is 2. The third-order valence-corrected chi connectivity index (χ3v) is 6.39. The lowest BCUT2D eigenvalue weighted by Crippen LogP contribution is -2.54. The molecule has 2 atom stereocenters. The number of alkyl carbamates (subject to hydrolysis) is 1. The average molecular weight is 547 g/mol. The molecule has 0 aromatic heterocycles. The quantitative estimate of drug-likeness (QED) is 0.256. The third-order valence-electron chi connectivity index (χ3n) is 6.39. The Morgan fingerprint density at radius 2 is 1.54 bits per heavy atom. The maximum absolute atomic E-state index is 14.1. The molecular weight excluding hydrogens is 496 g/mol. The first-order valence-electron chi connectivity index (χ1n) is 14.2. The summed E-state index contributed by atoms with van der Waals surface area (Å²) in [4.78, 5) is 54.0. The van der Waals surface area contributed by atoms with Gasteiger partial charge in [0.25, 0.3) is 0 Å². The van der Waals surface area contributed by atoms with E-state index in [-0.39, 0.29) is 12.5 Å². The normalized spacial score (nSPS) is 12.8. The number of hydrogen-bond acceptors (Lipinski definition) is 5. The van der Waals surface area contributed by atoms with Crippen LogP contribution in [0, 0.1) is 13.8 Å². The van der Waals surface area contributed by atoms with E-state index >= 15 is 0 Å². The number of nitrogens with zero attached hydrogens (tertiary/aromatic N) is 1. The number of unbranched alkanes of at least 4 members (excludes halogenated alkanes) is 5. The molecule has 9 heteroatoms. The van der Waals surface area contributed by atoms with E-state index in [1.807, 2.05) is 32.0 Å². The Hall–Kier alpha value is -3.10. The molecule has 2 unspecified atom stereocenters. The highest BCUT2D eigenvalue weighted by molar-refractivity contribution is 5.94. The van der Waals surface area contributed by atoms with Gasteiger partial charge in [-0.3, -0.25) is 14.4 Å². The van der Waals surface area contributed by atoms with Crippen LogP contribution in [0.25, 0.3) is 0 Å². The van der Waals surface area contributed by atoms with Gasteiger partial charge in [-0.1, -0.05) is 64.2 Å². The Balaban J connectivity index is 3.54. The first kappa shape index (κ1) is 33.9. The lowest BCUT2D eigenvalue weighted by molar-refractivity contribution is -0.143. The van der Waals surface area contributed by atoms with Gasteiger partial charge in [-0.05, 0) is 64.2 Å². The summed E-state index contributed by atoms with van der Waals surface area (Å²) in [6.45, 7) is 13.9. The zero-order valence-electron chi connectivity index (χ0n) is 25.0. The second-order valence-electron chi connectivity index (χ2n) is 11.2. The summed E-state index contributed by atoms with van der Waals surface area (Å²) in [6, 6.07) is 3.54. The Bertz CT molecular complexity index is 937. The van der Waals surface area contributed by atoms with Crippen LogP contribution in [0.4, 0.5) is 4.79 Å². The van der Waals surface area contributed by atoms with Gasteiger partial charge in [0.2, 0.25) is 17.7 Å². The summed E-state index contributed by atoms with van der Waals surface area (Å²) in [5, 5.41) is 5.56. The highest BCUT2D eigenvalue weighted by Crippen LogP contribution is 2.29. The highest BCUT2D eigenvalue weighted by atomic mass is 16.6. The van der Waals surface area contributed by atoms with Gasteiger partial charge < -0.3 is 26.0 Å². The SMILES string of the molecule is CCCCCCN(C(=O)C(CC(N)=O)NC(=O)OC(C)(C)C)C(C(=O)NCCCCC)c1c(C)cccc1C. The molecule has 0 aliphatic carbocycles. The molecular formula is C30H50N4O5. The van der Waals surface area contributed by atoms with Crippen LogP contribution in [-0.2, 0) is 19.1 Å². The molecule has 0 heterocycles. The number of carbonyl (C=O) groups excluding carboxylic acids is 4. The van der Waals surface area contributed by atoms with Gasteiger partial charge in [0, 0.05) is 13.1 Å². The van der Waals surface area contributed by atoms with Crippen LogP contribution in [0.3, 0.4) is 0 Å². The number of rotatable bonds is 16. The first-order chi connectivity index (χ1) is 18.3. The van der Waals surface area contributed by atoms with E-state index in [1.54, 1.807) is 20.8 Å². The summed E-state index contributed by atoms with van der Waals surface area (Å²) in [6.07, 6.45) is 5.12. The smallest absolute Gasteiger partial charge is 0.408 e. The average Bonchev–Trinajstić information content (AvgIpc) is 2.82. The monoisotopic (exact) mass is 546 g/mol. The van der Waals surface area contributed by atoms with Crippen LogP contribution in [0.1, 0.15) is 109 Å². The van der Waals surface area contributed by atoms with Gasteiger partial charge in [0.1, 0.15) is 17.7 Å². The minimum atomic E-state index is -1.27. The lowest BCUT2D eigenvalue weighted by Gasteiger charge is -2.35. The third kappa shape index (κ3) is 12.1. The summed E-state index contributed by atoms with van der Waals surface area (Å²) >= 11 is 0. The number of nitrogens with one attached hydrogen (secondary N) is 2. The van der Waals surface area contributed by atoms with Crippen LogP contribution in [0.2, 0.25) is 0 Å². The molecule has 1 aromatic rings. The minimum Gasteiger partial charge on any atom is -0.444 e. The fraction of sp³-hybridized carbons (Fsp3) is 0.667. The van der Waals surface area contributed by atoms with Crippen molar-refractivity contribution >= 4 is 23.8 Å². The zero-order valence-corrected chi connectivity index (χ0v) is 25.0. The van der Waals surface area contributed by atoms with E-state index in [0.717, 1.165) is 55.2 Å². The maximum atomic E-state index is 14.1. The molecule has 0 fully saturated rings. The highest BCUT2D eigenvalue weighted by Gasteiger charge is 2.37. The molecule has 4 N–H and O–H groups in total. The number of ether oxygens (including phenoxy) is 1. The van der Waals surface area contributed by atoms with E-state index < -0.39 is 42.0 Å². The molecule has 1 aromatic carbocycles. The first-order valence-corrected chi connectivity index (χ1v) is 14.2. The fourth-order valence-corrected chi connectivity index (χ4v) is 4.50. The molecule has 0 saturated heterocycles. The van der Waals surface area contributed by atoms with Crippen LogP contribution in [0.15, 0.2) is 18.2 Å². The number of nitrogens with two attached hydrogens (primary N) is 1. The lowest BCUT2D eigenvalue weighted by atomic mass is 9.93. The minimum absolute atomic E-state index is 0.283. The van der Waals surface area contributed by atoms with Crippen LogP contribution < -0.4 is 16.4 Å². The maximum Gasteiger partial charge on any atom is 0.408 e. The van der Waals surface area contributed by atoms with Crippen molar-refractivity contribution in [3.05, 3.63) is 34.9 Å². The van der Waals surface area contributed by atoms with E-state index in [1.165, 1.54) is 4.90 Å². The van der Waals surface area contributed by atoms with Crippen molar-refractivity contribution < 1.29 is 23.9 Å². The fourth-order valence-electron chi connectivity index (χ4n) is 4.50. The van der Waals surface area contributed by atoms with Gasteiger partial charge in [0.15, 0.2) is 0 Å². The zero-order chi connectivity index (χ0) is 29.6. The van der Waals surface area contributed by atoms with Crippen molar-refractivity contribution in [2.24, 2.45) is 5.73 Å². The molecule has 220 valence electrons. The van der Waals surface area contributed by atoms with Gasteiger partial charge in [0.05, 0.1) is 6.42 Å². The van der Waals surface area contributed by atoms with Gasteiger partial charge in [-0.25, -0.2) is 4.79 Å². The van der Waals surface area contributed by atoms with Crippen molar-refractivity contribution in [1.29, 1.82) is 0 Å². The van der Waals surface area contributed by atoms with Gasteiger partial charge >= 0.3 is 6.09 Å². The van der Waals surface area contributed by atoms with Crippen LogP contribution >= 0.6 is 0 Å². The largest absolute Gasteiger partial charge is 0.444 e. The standard InChI is InChI=1S/C30H50N4O5/c1-8-10-12-14-19-34(28(37)23(20-24(31)35)33-29(38)39-30(5,6)7)26(27(36)32-18-13-11-9-2)25-21(3)16-15-17-22(25)4/h15-17,23,26H,8-14,18-20H2,1-7H3,(H2,31,35)(H,32,36)(H,33,38). The molecule has 4 amide bonds. The van der Waals surface area contributed by atoms with E-state index in [2.05, 4.69) is 24.5 Å². The van der Waals surface area contributed by atoms with E-state index in [0.29, 0.717) is 13.0 Å². The Labute approximate surface area is 234 Å². The van der Waals surface area contributed by atoms with Crippen molar-refractivity contribution in [1.82, 2.24) is 15.5 Å². The topological polar surface area (TPSA) is 131 Å². The number of carbonyl (C=O) groups is 4. The number of primary amides is 1. The predicted molar refractivity (Wildman–Crippen MR) is 154 cm³/mol. The van der Waals surface area contributed by atoms with Crippen LogP contribution in [0.5, 0.6) is 0 Å². The van der Waals surface area contributed by atoms with Crippen LogP contribution in [-0.4, -0.2) is 53.4 Å². The second-order valence-corrected chi connectivity index (χ2v) is 11.2. The second kappa shape index (κ2) is 16.8. The Morgan fingerprint density at radius 1 is 0.949 bits per heavy atom.